The Hall–Kier alpha value is -4.28. The molecule has 0 spiro atoms. The number of hydrogen-bond acceptors (Lipinski definition) is 10. The number of anilines is 4. The number of hydrogen-bond donors (Lipinski definition) is 4. The molecule has 2 amide bonds. The van der Waals surface area contributed by atoms with Crippen LogP contribution in [0.25, 0.3) is 5.65 Å². The highest BCUT2D eigenvalue weighted by molar-refractivity contribution is 7.13. The summed E-state index contributed by atoms with van der Waals surface area (Å²) in [5.41, 5.74) is 1.84. The molecule has 0 atom stereocenters. The van der Waals surface area contributed by atoms with Crippen LogP contribution in [0.15, 0.2) is 42.2 Å². The molecule has 1 aliphatic rings. The van der Waals surface area contributed by atoms with E-state index < -0.39 is 5.91 Å². The van der Waals surface area contributed by atoms with Gasteiger partial charge in [-0.15, -0.1) is 16.4 Å². The van der Waals surface area contributed by atoms with Crippen LogP contribution in [-0.2, 0) is 4.79 Å². The van der Waals surface area contributed by atoms with Gasteiger partial charge in [-0.2, -0.15) is 5.26 Å². The van der Waals surface area contributed by atoms with Gasteiger partial charge in [-0.1, -0.05) is 11.6 Å². The van der Waals surface area contributed by atoms with Gasteiger partial charge in [0.15, 0.2) is 16.5 Å². The van der Waals surface area contributed by atoms with Gasteiger partial charge in [-0.25, -0.2) is 19.5 Å². The molecule has 0 aromatic carbocycles. The molecular weight excluding hydrogens is 528 g/mol. The molecule has 0 unspecified atom stereocenters. The molecule has 14 heteroatoms. The molecule has 0 bridgehead atoms. The monoisotopic (exact) mass is 550 g/mol. The van der Waals surface area contributed by atoms with Gasteiger partial charge < -0.3 is 21.3 Å². The first-order valence-electron chi connectivity index (χ1n) is 11.9. The molecule has 0 saturated heterocycles. The lowest BCUT2D eigenvalue weighted by atomic mass is 9.91. The number of carbonyl (C=O) groups is 2. The topological polar surface area (TPSA) is 162 Å². The van der Waals surface area contributed by atoms with Crippen molar-refractivity contribution in [2.24, 2.45) is 0 Å². The van der Waals surface area contributed by atoms with E-state index in [0.717, 1.165) is 25.7 Å². The fourth-order valence-corrected chi connectivity index (χ4v) is 5.02. The first-order valence-corrected chi connectivity index (χ1v) is 13.2. The van der Waals surface area contributed by atoms with E-state index in [1.165, 1.54) is 28.2 Å². The third-order valence-electron chi connectivity index (χ3n) is 6.04. The van der Waals surface area contributed by atoms with Gasteiger partial charge in [0, 0.05) is 41.6 Å². The normalized spacial score (nSPS) is 16.9. The number of fused-ring (bicyclic) bond motifs is 1. The minimum atomic E-state index is -0.404. The third-order valence-corrected chi connectivity index (χ3v) is 6.94. The van der Waals surface area contributed by atoms with Crippen LogP contribution < -0.4 is 21.3 Å². The van der Waals surface area contributed by atoms with E-state index in [-0.39, 0.29) is 35.3 Å². The number of carbonyl (C=O) groups excluding carboxylic acids is 2. The van der Waals surface area contributed by atoms with E-state index >= 15 is 0 Å². The van der Waals surface area contributed by atoms with Crippen LogP contribution in [0.3, 0.4) is 0 Å². The maximum atomic E-state index is 13.1. The minimum Gasteiger partial charge on any atom is -0.366 e. The summed E-state index contributed by atoms with van der Waals surface area (Å²) in [5, 5.41) is 28.6. The number of imidazole rings is 1. The number of halogens is 1. The zero-order valence-corrected chi connectivity index (χ0v) is 21.6. The number of nitrogens with zero attached hydrogens (tertiary/aromatic N) is 6. The molecule has 4 N–H and O–H groups in total. The molecule has 0 aliphatic heterocycles. The lowest BCUT2D eigenvalue weighted by Crippen LogP contribution is -2.40. The fraction of sp³-hybridized carbons (Fsp3) is 0.292. The van der Waals surface area contributed by atoms with Crippen LogP contribution in [0.2, 0.25) is 5.15 Å². The van der Waals surface area contributed by atoms with Gasteiger partial charge in [0.1, 0.15) is 17.4 Å². The van der Waals surface area contributed by atoms with Gasteiger partial charge in [0.25, 0.3) is 5.91 Å². The Morgan fingerprint density at radius 1 is 1.13 bits per heavy atom. The predicted octanol–water partition coefficient (Wildman–Crippen LogP) is 3.98. The Morgan fingerprint density at radius 2 is 1.95 bits per heavy atom. The molecule has 1 saturated carbocycles. The molecule has 38 heavy (non-hydrogen) atoms. The van der Waals surface area contributed by atoms with Crippen molar-refractivity contribution < 1.29 is 9.59 Å². The quantitative estimate of drug-likeness (QED) is 0.238. The van der Waals surface area contributed by atoms with E-state index in [0.29, 0.717) is 28.0 Å². The zero-order chi connectivity index (χ0) is 26.5. The Bertz CT molecular complexity index is 1490. The summed E-state index contributed by atoms with van der Waals surface area (Å²) in [7, 11) is 0. The highest BCUT2D eigenvalue weighted by Gasteiger charge is 2.24. The van der Waals surface area contributed by atoms with Gasteiger partial charge in [0.05, 0.1) is 18.0 Å². The minimum absolute atomic E-state index is 0.0529. The van der Waals surface area contributed by atoms with Crippen LogP contribution in [0.5, 0.6) is 0 Å². The molecule has 4 aromatic rings. The number of amides is 2. The maximum Gasteiger partial charge on any atom is 0.276 e. The lowest BCUT2D eigenvalue weighted by Gasteiger charge is -2.30. The van der Waals surface area contributed by atoms with Gasteiger partial charge in [-0.3, -0.25) is 9.59 Å². The molecule has 12 nitrogen and oxygen atoms in total. The second kappa shape index (κ2) is 11.4. The first-order chi connectivity index (χ1) is 18.5. The molecule has 1 fully saturated rings. The number of thiazole rings is 1. The van der Waals surface area contributed by atoms with Crippen LogP contribution in [0.4, 0.5) is 22.3 Å². The third kappa shape index (κ3) is 5.99. The summed E-state index contributed by atoms with van der Waals surface area (Å²) in [6.45, 7) is 0. The standard InChI is InChI=1S/C24H23ClN10O2S/c25-19-11-16(6-8-27-19)32-23(37)18-13-29-22-17(33-24-28-9-10-38-24)12-20(34-35(18)22)30-14-1-3-15(4-2-14)31-21(36)5-7-26/h6,8-15H,1-5H2,(H,28,33)(H,30,34)(H,31,36)(H,27,32,37). The predicted molar refractivity (Wildman–Crippen MR) is 144 cm³/mol. The Labute approximate surface area is 226 Å². The van der Waals surface area contributed by atoms with Gasteiger partial charge in [-0.05, 0) is 37.8 Å². The first kappa shape index (κ1) is 25.4. The van der Waals surface area contributed by atoms with Crippen molar-refractivity contribution in [1.29, 1.82) is 5.26 Å². The van der Waals surface area contributed by atoms with Crippen molar-refractivity contribution in [3.05, 3.63) is 53.0 Å². The average molecular weight is 551 g/mol. The zero-order valence-electron chi connectivity index (χ0n) is 20.0. The van der Waals surface area contributed by atoms with E-state index in [9.17, 15) is 9.59 Å². The molecule has 4 aromatic heterocycles. The molecule has 194 valence electrons. The van der Waals surface area contributed by atoms with Crippen molar-refractivity contribution in [1.82, 2.24) is 29.9 Å². The fourth-order valence-electron chi connectivity index (χ4n) is 4.30. The number of rotatable bonds is 8. The highest BCUT2D eigenvalue weighted by Crippen LogP contribution is 2.28. The van der Waals surface area contributed by atoms with E-state index in [2.05, 4.69) is 41.3 Å². The van der Waals surface area contributed by atoms with Crippen molar-refractivity contribution in [2.75, 3.05) is 16.0 Å². The molecular formula is C24H23ClN10O2S. The number of nitrogens with one attached hydrogen (secondary N) is 4. The van der Waals surface area contributed by atoms with Crippen molar-refractivity contribution in [3.63, 3.8) is 0 Å². The summed E-state index contributed by atoms with van der Waals surface area (Å²) >= 11 is 7.39. The van der Waals surface area contributed by atoms with Crippen LogP contribution in [0, 0.1) is 11.3 Å². The summed E-state index contributed by atoms with van der Waals surface area (Å²) in [6, 6.07) is 7.08. The molecule has 5 rings (SSSR count). The lowest BCUT2D eigenvalue weighted by molar-refractivity contribution is -0.121. The molecule has 1 aliphatic carbocycles. The number of pyridine rings is 1. The van der Waals surface area contributed by atoms with Crippen LogP contribution in [-0.4, -0.2) is 48.5 Å². The number of aromatic nitrogens is 5. The largest absolute Gasteiger partial charge is 0.366 e. The second-order valence-electron chi connectivity index (χ2n) is 8.70. The summed E-state index contributed by atoms with van der Waals surface area (Å²) in [4.78, 5) is 37.5. The Morgan fingerprint density at radius 3 is 2.68 bits per heavy atom. The van der Waals surface area contributed by atoms with Crippen molar-refractivity contribution >= 4 is 62.7 Å². The molecule has 4 heterocycles. The average Bonchev–Trinajstić information content (AvgIpc) is 3.56. The van der Waals surface area contributed by atoms with Crippen LogP contribution in [0.1, 0.15) is 42.6 Å². The number of nitriles is 1. The summed E-state index contributed by atoms with van der Waals surface area (Å²) in [6.07, 6.45) is 7.73. The Kier molecular flexibility index (Phi) is 7.62. The van der Waals surface area contributed by atoms with E-state index in [1.54, 1.807) is 18.3 Å². The van der Waals surface area contributed by atoms with E-state index in [4.69, 9.17) is 16.9 Å². The SMILES string of the molecule is N#CCC(=O)NC1CCC(Nc2cc(Nc3nccs3)c3ncc(C(=O)Nc4ccnc(Cl)c4)n3n2)CC1. The second-order valence-corrected chi connectivity index (χ2v) is 9.98. The van der Waals surface area contributed by atoms with Crippen molar-refractivity contribution in [2.45, 2.75) is 44.2 Å². The maximum absolute atomic E-state index is 13.1. The van der Waals surface area contributed by atoms with Gasteiger partial charge in [0.2, 0.25) is 5.91 Å². The highest BCUT2D eigenvalue weighted by atomic mass is 35.5. The Balaban J connectivity index is 1.37. The summed E-state index contributed by atoms with van der Waals surface area (Å²) in [5.74, 6) is -0.0837. The van der Waals surface area contributed by atoms with Crippen LogP contribution >= 0.6 is 22.9 Å². The van der Waals surface area contributed by atoms with Gasteiger partial charge >= 0.3 is 0 Å². The summed E-state index contributed by atoms with van der Waals surface area (Å²) < 4.78 is 1.49. The molecule has 0 radical (unpaired) electrons. The smallest absolute Gasteiger partial charge is 0.276 e. The van der Waals surface area contributed by atoms with Crippen molar-refractivity contribution in [3.8, 4) is 6.07 Å². The van der Waals surface area contributed by atoms with E-state index in [1.807, 2.05) is 17.5 Å².